The van der Waals surface area contributed by atoms with Crippen molar-refractivity contribution in [1.29, 1.82) is 0 Å². The predicted molar refractivity (Wildman–Crippen MR) is 87.3 cm³/mol. The molecule has 1 saturated heterocycles. The highest BCUT2D eigenvalue weighted by atomic mass is 19.3. The Labute approximate surface area is 135 Å². The number of alkyl halides is 2. The fraction of sp³-hybridized carbons (Fsp3) is 0.588. The SMILES string of the molecule is CC(c1nc2ccccc2n1C(F)F)N1CCC(N)C(C)(C)C1. The molecule has 4 nitrogen and oxygen atoms in total. The molecule has 0 saturated carbocycles. The van der Waals surface area contributed by atoms with Crippen molar-refractivity contribution in [3.8, 4) is 0 Å². The number of rotatable bonds is 3. The zero-order valence-corrected chi connectivity index (χ0v) is 13.8. The van der Waals surface area contributed by atoms with Gasteiger partial charge in [-0.25, -0.2) is 4.98 Å². The minimum absolute atomic E-state index is 0.0335. The molecule has 0 bridgehead atoms. The van der Waals surface area contributed by atoms with E-state index < -0.39 is 6.55 Å². The Bertz CT molecular complexity index is 695. The van der Waals surface area contributed by atoms with Gasteiger partial charge in [-0.05, 0) is 30.9 Å². The molecule has 23 heavy (non-hydrogen) atoms. The molecule has 2 N–H and O–H groups in total. The fourth-order valence-electron chi connectivity index (χ4n) is 3.47. The van der Waals surface area contributed by atoms with Crippen molar-refractivity contribution in [3.63, 3.8) is 0 Å². The second-order valence-corrected chi connectivity index (χ2v) is 7.14. The summed E-state index contributed by atoms with van der Waals surface area (Å²) in [6.07, 6.45) is 0.867. The van der Waals surface area contributed by atoms with E-state index in [1.807, 2.05) is 13.0 Å². The lowest BCUT2D eigenvalue weighted by molar-refractivity contribution is 0.0434. The maximum absolute atomic E-state index is 13.6. The Morgan fingerprint density at radius 2 is 2.00 bits per heavy atom. The van der Waals surface area contributed by atoms with Gasteiger partial charge in [0.15, 0.2) is 0 Å². The Hall–Kier alpha value is -1.53. The van der Waals surface area contributed by atoms with Gasteiger partial charge in [0.25, 0.3) is 0 Å². The normalized spacial score (nSPS) is 23.5. The summed E-state index contributed by atoms with van der Waals surface area (Å²) in [7, 11) is 0. The van der Waals surface area contributed by atoms with Crippen LogP contribution < -0.4 is 5.73 Å². The van der Waals surface area contributed by atoms with E-state index >= 15 is 0 Å². The maximum Gasteiger partial charge on any atom is 0.320 e. The highest BCUT2D eigenvalue weighted by Crippen LogP contribution is 2.35. The van der Waals surface area contributed by atoms with Crippen LogP contribution in [0.2, 0.25) is 0 Å². The Morgan fingerprint density at radius 1 is 1.30 bits per heavy atom. The van der Waals surface area contributed by atoms with Crippen molar-refractivity contribution in [2.75, 3.05) is 13.1 Å². The third kappa shape index (κ3) is 2.85. The van der Waals surface area contributed by atoms with Gasteiger partial charge in [0, 0.05) is 19.1 Å². The summed E-state index contributed by atoms with van der Waals surface area (Å²) in [5, 5.41) is 0. The number of piperidine rings is 1. The zero-order chi connectivity index (χ0) is 16.8. The number of hydrogen-bond donors (Lipinski definition) is 1. The lowest BCUT2D eigenvalue weighted by atomic mass is 9.79. The fourth-order valence-corrected chi connectivity index (χ4v) is 3.47. The molecule has 0 aliphatic carbocycles. The van der Waals surface area contributed by atoms with Crippen LogP contribution in [-0.4, -0.2) is 33.6 Å². The third-order valence-corrected chi connectivity index (χ3v) is 5.08. The molecule has 1 aromatic carbocycles. The first kappa shape index (κ1) is 16.3. The van der Waals surface area contributed by atoms with Gasteiger partial charge in [0.05, 0.1) is 17.1 Å². The number of imidazole rings is 1. The summed E-state index contributed by atoms with van der Waals surface area (Å²) in [5.41, 5.74) is 7.25. The minimum Gasteiger partial charge on any atom is -0.327 e. The van der Waals surface area contributed by atoms with Gasteiger partial charge in [-0.1, -0.05) is 26.0 Å². The Morgan fingerprint density at radius 3 is 2.65 bits per heavy atom. The molecule has 2 unspecified atom stereocenters. The van der Waals surface area contributed by atoms with E-state index in [-0.39, 0.29) is 17.5 Å². The van der Waals surface area contributed by atoms with Crippen molar-refractivity contribution in [2.45, 2.75) is 45.8 Å². The summed E-state index contributed by atoms with van der Waals surface area (Å²) < 4.78 is 28.3. The number of likely N-dealkylation sites (tertiary alicyclic amines) is 1. The highest BCUT2D eigenvalue weighted by Gasteiger charge is 2.37. The van der Waals surface area contributed by atoms with E-state index in [0.717, 1.165) is 24.1 Å². The number of para-hydroxylation sites is 2. The summed E-state index contributed by atoms with van der Waals surface area (Å²) in [6, 6.07) is 7.02. The van der Waals surface area contributed by atoms with Gasteiger partial charge < -0.3 is 5.73 Å². The summed E-state index contributed by atoms with van der Waals surface area (Å²) >= 11 is 0. The Kier molecular flexibility index (Phi) is 4.14. The first-order valence-electron chi connectivity index (χ1n) is 8.06. The average Bonchev–Trinajstić information content (AvgIpc) is 2.88. The number of aromatic nitrogens is 2. The van der Waals surface area contributed by atoms with Crippen LogP contribution in [-0.2, 0) is 0 Å². The van der Waals surface area contributed by atoms with Crippen molar-refractivity contribution >= 4 is 11.0 Å². The van der Waals surface area contributed by atoms with Crippen molar-refractivity contribution in [1.82, 2.24) is 14.5 Å². The van der Waals surface area contributed by atoms with Crippen LogP contribution in [0.5, 0.6) is 0 Å². The molecule has 126 valence electrons. The number of fused-ring (bicyclic) bond motifs is 1. The minimum atomic E-state index is -2.60. The van der Waals surface area contributed by atoms with E-state index in [1.54, 1.807) is 18.2 Å². The van der Waals surface area contributed by atoms with Crippen LogP contribution in [0.1, 0.15) is 45.6 Å². The predicted octanol–water partition coefficient (Wildman–Crippen LogP) is 3.55. The number of benzene rings is 1. The average molecular weight is 322 g/mol. The van der Waals surface area contributed by atoms with E-state index in [2.05, 4.69) is 23.7 Å². The van der Waals surface area contributed by atoms with Crippen molar-refractivity contribution in [2.24, 2.45) is 11.1 Å². The maximum atomic E-state index is 13.6. The second-order valence-electron chi connectivity index (χ2n) is 7.14. The number of nitrogens with zero attached hydrogens (tertiary/aromatic N) is 3. The third-order valence-electron chi connectivity index (χ3n) is 5.08. The number of hydrogen-bond acceptors (Lipinski definition) is 3. The lowest BCUT2D eigenvalue weighted by Crippen LogP contribution is -2.53. The number of halogens is 2. The van der Waals surface area contributed by atoms with Crippen molar-refractivity contribution < 1.29 is 8.78 Å². The van der Waals surface area contributed by atoms with Crippen LogP contribution in [0.15, 0.2) is 24.3 Å². The van der Waals surface area contributed by atoms with E-state index in [0.29, 0.717) is 16.9 Å². The van der Waals surface area contributed by atoms with Gasteiger partial charge in [-0.3, -0.25) is 9.47 Å². The highest BCUT2D eigenvalue weighted by molar-refractivity contribution is 5.76. The van der Waals surface area contributed by atoms with Gasteiger partial charge >= 0.3 is 6.55 Å². The molecule has 2 heterocycles. The molecule has 0 spiro atoms. The van der Waals surface area contributed by atoms with E-state index in [1.165, 1.54) is 0 Å². The van der Waals surface area contributed by atoms with Gasteiger partial charge in [0.2, 0.25) is 0 Å². The quantitative estimate of drug-likeness (QED) is 0.940. The van der Waals surface area contributed by atoms with E-state index in [9.17, 15) is 8.78 Å². The Balaban J connectivity index is 1.98. The second kappa shape index (κ2) is 5.83. The first-order chi connectivity index (χ1) is 10.8. The van der Waals surface area contributed by atoms with Crippen LogP contribution in [0, 0.1) is 5.41 Å². The van der Waals surface area contributed by atoms with Crippen molar-refractivity contribution in [3.05, 3.63) is 30.1 Å². The molecule has 0 amide bonds. The number of nitrogens with two attached hydrogens (primary N) is 1. The standard InChI is InChI=1S/C17H24F2N4/c1-11(22-9-8-14(20)17(2,3)10-22)15-21-12-6-4-5-7-13(12)23(15)16(18)19/h4-7,11,14,16H,8-10,20H2,1-3H3. The molecular weight excluding hydrogens is 298 g/mol. The monoisotopic (exact) mass is 322 g/mol. The molecule has 6 heteroatoms. The summed E-state index contributed by atoms with van der Waals surface area (Å²) in [4.78, 5) is 6.70. The summed E-state index contributed by atoms with van der Waals surface area (Å²) in [5.74, 6) is 0.424. The zero-order valence-electron chi connectivity index (χ0n) is 13.8. The molecule has 0 radical (unpaired) electrons. The van der Waals surface area contributed by atoms with E-state index in [4.69, 9.17) is 5.73 Å². The largest absolute Gasteiger partial charge is 0.327 e. The summed E-state index contributed by atoms with van der Waals surface area (Å²) in [6.45, 7) is 5.20. The smallest absolute Gasteiger partial charge is 0.320 e. The van der Waals surface area contributed by atoms with Gasteiger partial charge in [-0.15, -0.1) is 0 Å². The van der Waals surface area contributed by atoms with Gasteiger partial charge in [-0.2, -0.15) is 8.78 Å². The molecule has 1 fully saturated rings. The molecule has 1 aliphatic heterocycles. The van der Waals surface area contributed by atoms with Crippen LogP contribution in [0.25, 0.3) is 11.0 Å². The molecule has 1 aliphatic rings. The van der Waals surface area contributed by atoms with Crippen LogP contribution in [0.3, 0.4) is 0 Å². The van der Waals surface area contributed by atoms with Crippen LogP contribution >= 0.6 is 0 Å². The lowest BCUT2D eigenvalue weighted by Gasteiger charge is -2.44. The molecule has 2 atom stereocenters. The molecule has 2 aromatic rings. The van der Waals surface area contributed by atoms with Gasteiger partial charge in [0.1, 0.15) is 5.82 Å². The van der Waals surface area contributed by atoms with Crippen LogP contribution in [0.4, 0.5) is 8.78 Å². The molecular formula is C17H24F2N4. The molecule has 1 aromatic heterocycles. The molecule has 3 rings (SSSR count). The topological polar surface area (TPSA) is 47.1 Å². The first-order valence-corrected chi connectivity index (χ1v) is 8.06.